The lowest BCUT2D eigenvalue weighted by atomic mass is 10.1. The van der Waals surface area contributed by atoms with E-state index in [1.807, 2.05) is 6.07 Å². The molecule has 2 rings (SSSR count). The number of rotatable bonds is 2. The molecule has 1 fully saturated rings. The summed E-state index contributed by atoms with van der Waals surface area (Å²) >= 11 is 5.94. The Hall–Kier alpha value is -1.57. The van der Waals surface area contributed by atoms with Gasteiger partial charge in [0, 0.05) is 5.69 Å². The highest BCUT2D eigenvalue weighted by atomic mass is 35.5. The van der Waals surface area contributed by atoms with E-state index in [2.05, 4.69) is 10.6 Å². The van der Waals surface area contributed by atoms with Crippen molar-refractivity contribution in [2.24, 2.45) is 0 Å². The fraction of sp³-hybridized carbons (Fsp3) is 0.429. The number of benzene rings is 1. The Balaban J connectivity index is 2.02. The van der Waals surface area contributed by atoms with E-state index in [1.165, 1.54) is 6.42 Å². The molecule has 0 aromatic heterocycles. The summed E-state index contributed by atoms with van der Waals surface area (Å²) in [6.45, 7) is 0.881. The molecule has 1 saturated heterocycles. The molecule has 19 heavy (non-hydrogen) atoms. The zero-order valence-electron chi connectivity index (χ0n) is 10.6. The van der Waals surface area contributed by atoms with Crippen LogP contribution >= 0.6 is 11.6 Å². The van der Waals surface area contributed by atoms with Crippen LogP contribution in [0.3, 0.4) is 0 Å². The number of hydrogen-bond acceptors (Lipinski definition) is 3. The molecule has 1 aliphatic rings. The van der Waals surface area contributed by atoms with E-state index in [9.17, 15) is 4.79 Å². The average molecular weight is 278 g/mol. The van der Waals surface area contributed by atoms with Crippen LogP contribution in [-0.2, 0) is 4.79 Å². The second kappa shape index (κ2) is 6.55. The van der Waals surface area contributed by atoms with Gasteiger partial charge >= 0.3 is 0 Å². The van der Waals surface area contributed by atoms with E-state index in [0.717, 1.165) is 25.8 Å². The summed E-state index contributed by atoms with van der Waals surface area (Å²) in [7, 11) is 0. The van der Waals surface area contributed by atoms with Crippen LogP contribution in [-0.4, -0.2) is 18.5 Å². The summed E-state index contributed by atoms with van der Waals surface area (Å²) in [5, 5.41) is 15.2. The zero-order valence-corrected chi connectivity index (χ0v) is 11.3. The van der Waals surface area contributed by atoms with Crippen molar-refractivity contribution in [1.82, 2.24) is 5.32 Å². The van der Waals surface area contributed by atoms with E-state index in [4.69, 9.17) is 16.9 Å². The number of amides is 1. The standard InChI is InChI=1S/C14H16ClN3O/c15-12-8-11(6-5-10(12)9-16)18-14(19)13-4-2-1-3-7-17-13/h5-6,8,13,17H,1-4,7H2,(H,18,19). The van der Waals surface area contributed by atoms with Gasteiger partial charge in [-0.3, -0.25) is 4.79 Å². The number of hydrogen-bond donors (Lipinski definition) is 2. The van der Waals surface area contributed by atoms with Gasteiger partial charge in [0.15, 0.2) is 0 Å². The Kier molecular flexibility index (Phi) is 4.78. The lowest BCUT2D eigenvalue weighted by molar-refractivity contribution is -0.118. The second-order valence-electron chi connectivity index (χ2n) is 4.65. The maximum Gasteiger partial charge on any atom is 0.241 e. The van der Waals surface area contributed by atoms with Crippen molar-refractivity contribution in [1.29, 1.82) is 5.26 Å². The van der Waals surface area contributed by atoms with Crippen LogP contribution in [0.25, 0.3) is 0 Å². The number of carbonyl (C=O) groups excluding carboxylic acids is 1. The fourth-order valence-corrected chi connectivity index (χ4v) is 2.39. The van der Waals surface area contributed by atoms with E-state index in [-0.39, 0.29) is 11.9 Å². The summed E-state index contributed by atoms with van der Waals surface area (Å²) in [4.78, 5) is 12.1. The molecule has 0 radical (unpaired) electrons. The maximum absolute atomic E-state index is 12.1. The first-order valence-electron chi connectivity index (χ1n) is 6.44. The van der Waals surface area contributed by atoms with E-state index < -0.39 is 0 Å². The van der Waals surface area contributed by atoms with Gasteiger partial charge in [-0.15, -0.1) is 0 Å². The van der Waals surface area contributed by atoms with Gasteiger partial charge in [-0.25, -0.2) is 0 Å². The van der Waals surface area contributed by atoms with Crippen LogP contribution in [0.4, 0.5) is 5.69 Å². The molecule has 1 heterocycles. The third-order valence-corrected chi connectivity index (χ3v) is 3.55. The summed E-state index contributed by atoms with van der Waals surface area (Å²) in [5.74, 6) is -0.0392. The van der Waals surface area contributed by atoms with Gasteiger partial charge in [-0.05, 0) is 37.6 Å². The molecular weight excluding hydrogens is 262 g/mol. The minimum absolute atomic E-state index is 0.0392. The Bertz CT molecular complexity index is 502. The van der Waals surface area contributed by atoms with Crippen molar-refractivity contribution in [2.75, 3.05) is 11.9 Å². The normalized spacial score (nSPS) is 19.3. The minimum Gasteiger partial charge on any atom is -0.325 e. The molecule has 1 aromatic rings. The summed E-state index contributed by atoms with van der Waals surface area (Å²) < 4.78 is 0. The van der Waals surface area contributed by atoms with Crippen molar-refractivity contribution in [2.45, 2.75) is 31.7 Å². The number of nitrogens with zero attached hydrogens (tertiary/aromatic N) is 1. The molecule has 2 N–H and O–H groups in total. The predicted molar refractivity (Wildman–Crippen MR) is 75.1 cm³/mol. The Morgan fingerprint density at radius 2 is 2.26 bits per heavy atom. The quantitative estimate of drug-likeness (QED) is 0.873. The van der Waals surface area contributed by atoms with Crippen molar-refractivity contribution >= 4 is 23.2 Å². The number of anilines is 1. The topological polar surface area (TPSA) is 64.9 Å². The average Bonchev–Trinajstić information content (AvgIpc) is 2.68. The van der Waals surface area contributed by atoms with Gasteiger partial charge in [-0.1, -0.05) is 24.4 Å². The van der Waals surface area contributed by atoms with Gasteiger partial charge in [-0.2, -0.15) is 5.26 Å². The van der Waals surface area contributed by atoms with Crippen LogP contribution in [0, 0.1) is 11.3 Å². The van der Waals surface area contributed by atoms with Crippen molar-refractivity contribution < 1.29 is 4.79 Å². The van der Waals surface area contributed by atoms with E-state index in [0.29, 0.717) is 16.3 Å². The van der Waals surface area contributed by atoms with E-state index >= 15 is 0 Å². The van der Waals surface area contributed by atoms with Crippen LogP contribution < -0.4 is 10.6 Å². The number of nitrogens with one attached hydrogen (secondary N) is 2. The number of carbonyl (C=O) groups is 1. The van der Waals surface area contributed by atoms with Gasteiger partial charge in [0.25, 0.3) is 0 Å². The van der Waals surface area contributed by atoms with Crippen LogP contribution in [0.2, 0.25) is 5.02 Å². The zero-order chi connectivity index (χ0) is 13.7. The molecule has 1 aliphatic heterocycles. The third kappa shape index (κ3) is 3.69. The molecule has 1 aromatic carbocycles. The predicted octanol–water partition coefficient (Wildman–Crippen LogP) is 2.68. The van der Waals surface area contributed by atoms with Crippen molar-refractivity contribution in [3.63, 3.8) is 0 Å². The Labute approximate surface area is 117 Å². The molecule has 4 nitrogen and oxygen atoms in total. The molecule has 5 heteroatoms. The number of halogens is 1. The highest BCUT2D eigenvalue weighted by Crippen LogP contribution is 2.20. The molecule has 1 atom stereocenters. The van der Waals surface area contributed by atoms with Gasteiger partial charge in [0.2, 0.25) is 5.91 Å². The van der Waals surface area contributed by atoms with Crippen LogP contribution in [0.15, 0.2) is 18.2 Å². The molecule has 1 unspecified atom stereocenters. The maximum atomic E-state index is 12.1. The number of nitriles is 1. The van der Waals surface area contributed by atoms with Gasteiger partial charge in [0.05, 0.1) is 16.6 Å². The summed E-state index contributed by atoms with van der Waals surface area (Å²) in [6, 6.07) is 6.76. The highest BCUT2D eigenvalue weighted by molar-refractivity contribution is 6.32. The lowest BCUT2D eigenvalue weighted by Crippen LogP contribution is -2.39. The third-order valence-electron chi connectivity index (χ3n) is 3.23. The highest BCUT2D eigenvalue weighted by Gasteiger charge is 2.19. The molecule has 100 valence electrons. The second-order valence-corrected chi connectivity index (χ2v) is 5.06. The first-order valence-corrected chi connectivity index (χ1v) is 6.82. The molecular formula is C14H16ClN3O. The van der Waals surface area contributed by atoms with Crippen LogP contribution in [0.1, 0.15) is 31.2 Å². The first kappa shape index (κ1) is 13.9. The van der Waals surface area contributed by atoms with Gasteiger partial charge in [0.1, 0.15) is 6.07 Å². The molecule has 1 amide bonds. The molecule has 0 aliphatic carbocycles. The van der Waals surface area contributed by atoms with E-state index in [1.54, 1.807) is 18.2 Å². The first-order chi connectivity index (χ1) is 9.20. The largest absolute Gasteiger partial charge is 0.325 e. The van der Waals surface area contributed by atoms with Gasteiger partial charge < -0.3 is 10.6 Å². The molecule has 0 bridgehead atoms. The monoisotopic (exact) mass is 277 g/mol. The van der Waals surface area contributed by atoms with Crippen molar-refractivity contribution in [3.8, 4) is 6.07 Å². The summed E-state index contributed by atoms with van der Waals surface area (Å²) in [6.07, 6.45) is 4.21. The van der Waals surface area contributed by atoms with Crippen molar-refractivity contribution in [3.05, 3.63) is 28.8 Å². The SMILES string of the molecule is N#Cc1ccc(NC(=O)C2CCCCCN2)cc1Cl. The molecule has 0 saturated carbocycles. The summed E-state index contributed by atoms with van der Waals surface area (Å²) in [5.41, 5.74) is 1.03. The van der Waals surface area contributed by atoms with Crippen LogP contribution in [0.5, 0.6) is 0 Å². The Morgan fingerprint density at radius 1 is 1.42 bits per heavy atom. The lowest BCUT2D eigenvalue weighted by Gasteiger charge is -2.15. The molecule has 0 spiro atoms. The Morgan fingerprint density at radius 3 is 3.00 bits per heavy atom. The minimum atomic E-state index is -0.142. The smallest absolute Gasteiger partial charge is 0.241 e. The fourth-order valence-electron chi connectivity index (χ4n) is 2.17.